The molecule has 4 nitrogen and oxygen atoms in total. The monoisotopic (exact) mass is 256 g/mol. The van der Waals surface area contributed by atoms with Gasteiger partial charge in [-0.1, -0.05) is 11.6 Å². The lowest BCUT2D eigenvalue weighted by atomic mass is 10.1. The highest BCUT2D eigenvalue weighted by atomic mass is 35.5. The third-order valence-corrected chi connectivity index (χ3v) is 2.96. The summed E-state index contributed by atoms with van der Waals surface area (Å²) in [7, 11) is 0. The summed E-state index contributed by atoms with van der Waals surface area (Å²) in [5.74, 6) is -1.59. The maximum absolute atomic E-state index is 13.2. The molecule has 90 valence electrons. The first-order valence-electron chi connectivity index (χ1n) is 4.93. The fourth-order valence-electron chi connectivity index (χ4n) is 1.69. The number of H-pyrrole nitrogens is 1. The maximum Gasteiger partial charge on any atom is 0.320 e. The molecule has 0 aliphatic rings. The molecule has 0 aliphatic heterocycles. The summed E-state index contributed by atoms with van der Waals surface area (Å²) >= 11 is 5.78. The quantitative estimate of drug-likeness (QED) is 0.785. The molecule has 1 atom stereocenters. The van der Waals surface area contributed by atoms with E-state index in [9.17, 15) is 9.18 Å². The smallest absolute Gasteiger partial charge is 0.320 e. The summed E-state index contributed by atoms with van der Waals surface area (Å²) in [6.07, 6.45) is 1.76. The van der Waals surface area contributed by atoms with Gasteiger partial charge in [0.25, 0.3) is 0 Å². The van der Waals surface area contributed by atoms with Crippen LogP contribution in [-0.4, -0.2) is 22.1 Å². The Morgan fingerprint density at radius 3 is 2.94 bits per heavy atom. The molecule has 1 aromatic heterocycles. The number of halogens is 2. The van der Waals surface area contributed by atoms with Gasteiger partial charge in [-0.15, -0.1) is 0 Å². The van der Waals surface area contributed by atoms with E-state index in [0.29, 0.717) is 16.5 Å². The molecule has 6 heteroatoms. The minimum atomic E-state index is -1.08. The van der Waals surface area contributed by atoms with Crippen molar-refractivity contribution in [2.45, 2.75) is 12.5 Å². The van der Waals surface area contributed by atoms with Crippen LogP contribution in [0.4, 0.5) is 4.39 Å². The number of nitrogens with one attached hydrogen (secondary N) is 1. The molecule has 0 radical (unpaired) electrons. The van der Waals surface area contributed by atoms with Crippen LogP contribution < -0.4 is 5.73 Å². The van der Waals surface area contributed by atoms with Gasteiger partial charge in [-0.25, -0.2) is 4.39 Å². The predicted octanol–water partition coefficient (Wildman–Crippen LogP) is 1.91. The van der Waals surface area contributed by atoms with Gasteiger partial charge >= 0.3 is 5.97 Å². The van der Waals surface area contributed by atoms with E-state index in [2.05, 4.69) is 4.98 Å². The van der Waals surface area contributed by atoms with Crippen LogP contribution >= 0.6 is 11.6 Å². The zero-order chi connectivity index (χ0) is 12.6. The van der Waals surface area contributed by atoms with Crippen molar-refractivity contribution in [3.8, 4) is 0 Å². The van der Waals surface area contributed by atoms with E-state index >= 15 is 0 Å². The van der Waals surface area contributed by atoms with E-state index in [1.165, 1.54) is 6.07 Å². The van der Waals surface area contributed by atoms with Gasteiger partial charge in [0.05, 0.1) is 5.52 Å². The molecule has 17 heavy (non-hydrogen) atoms. The first-order valence-corrected chi connectivity index (χ1v) is 5.31. The van der Waals surface area contributed by atoms with Crippen LogP contribution in [0.2, 0.25) is 5.02 Å². The largest absolute Gasteiger partial charge is 0.480 e. The summed E-state index contributed by atoms with van der Waals surface area (Å²) in [6.45, 7) is 0. The van der Waals surface area contributed by atoms with Gasteiger partial charge < -0.3 is 15.8 Å². The fourth-order valence-corrected chi connectivity index (χ4v) is 1.91. The fraction of sp³-hybridized carbons (Fsp3) is 0.182. The topological polar surface area (TPSA) is 79.1 Å². The van der Waals surface area contributed by atoms with Crippen LogP contribution in [0, 0.1) is 5.82 Å². The zero-order valence-electron chi connectivity index (χ0n) is 8.71. The number of hydrogen-bond acceptors (Lipinski definition) is 2. The Hall–Kier alpha value is -1.59. The predicted molar refractivity (Wildman–Crippen MR) is 62.6 cm³/mol. The average molecular weight is 257 g/mol. The molecule has 2 rings (SSSR count). The molecule has 0 fully saturated rings. The van der Waals surface area contributed by atoms with Crippen molar-refractivity contribution in [2.24, 2.45) is 5.73 Å². The summed E-state index contributed by atoms with van der Waals surface area (Å²) in [5, 5.41) is 9.42. The lowest BCUT2D eigenvalue weighted by Gasteiger charge is -2.05. The molecule has 1 aromatic carbocycles. The number of hydrogen-bond donors (Lipinski definition) is 3. The molecule has 0 bridgehead atoms. The van der Waals surface area contributed by atoms with E-state index in [0.717, 1.165) is 0 Å². The summed E-state index contributed by atoms with van der Waals surface area (Å²) in [5.41, 5.74) is 6.61. The Bertz CT molecular complexity index is 582. The van der Waals surface area contributed by atoms with E-state index in [1.54, 1.807) is 12.3 Å². The van der Waals surface area contributed by atoms with Gasteiger partial charge in [0, 0.05) is 18.0 Å². The van der Waals surface area contributed by atoms with E-state index < -0.39 is 17.8 Å². The van der Waals surface area contributed by atoms with Crippen molar-refractivity contribution in [3.05, 3.63) is 34.7 Å². The first kappa shape index (κ1) is 11.9. The van der Waals surface area contributed by atoms with Gasteiger partial charge in [-0.2, -0.15) is 0 Å². The van der Waals surface area contributed by atoms with Crippen molar-refractivity contribution < 1.29 is 14.3 Å². The molecule has 0 aliphatic carbocycles. The van der Waals surface area contributed by atoms with Gasteiger partial charge in [0.2, 0.25) is 0 Å². The Labute approximate surface area is 101 Å². The van der Waals surface area contributed by atoms with Crippen molar-refractivity contribution in [1.29, 1.82) is 0 Å². The first-order chi connectivity index (χ1) is 8.00. The number of carboxylic acid groups (broad SMARTS) is 1. The Morgan fingerprint density at radius 2 is 2.29 bits per heavy atom. The highest BCUT2D eigenvalue weighted by Gasteiger charge is 2.16. The van der Waals surface area contributed by atoms with Crippen LogP contribution in [0.1, 0.15) is 5.56 Å². The molecular formula is C11H10ClFN2O2. The lowest BCUT2D eigenvalue weighted by molar-refractivity contribution is -0.138. The van der Waals surface area contributed by atoms with Gasteiger partial charge in [-0.05, 0) is 17.7 Å². The Morgan fingerprint density at radius 1 is 1.59 bits per heavy atom. The molecular weight excluding hydrogens is 247 g/mol. The summed E-state index contributed by atoms with van der Waals surface area (Å²) in [4.78, 5) is 13.5. The van der Waals surface area contributed by atoms with Gasteiger partial charge in [0.15, 0.2) is 0 Å². The third kappa shape index (κ3) is 2.11. The van der Waals surface area contributed by atoms with Crippen molar-refractivity contribution in [3.63, 3.8) is 0 Å². The summed E-state index contributed by atoms with van der Waals surface area (Å²) in [6, 6.07) is 1.81. The number of carboxylic acids is 1. The van der Waals surface area contributed by atoms with Gasteiger partial charge in [0.1, 0.15) is 16.9 Å². The van der Waals surface area contributed by atoms with Crippen molar-refractivity contribution >= 4 is 28.5 Å². The normalized spacial score (nSPS) is 12.9. The molecule has 0 spiro atoms. The zero-order valence-corrected chi connectivity index (χ0v) is 9.46. The summed E-state index contributed by atoms with van der Waals surface area (Å²) < 4.78 is 13.2. The van der Waals surface area contributed by atoms with Crippen LogP contribution in [0.15, 0.2) is 18.3 Å². The number of carbonyl (C=O) groups is 1. The average Bonchev–Trinajstić information content (AvgIpc) is 2.67. The van der Waals surface area contributed by atoms with Crippen LogP contribution in [0.3, 0.4) is 0 Å². The second kappa shape index (κ2) is 4.35. The van der Waals surface area contributed by atoms with Crippen molar-refractivity contribution in [1.82, 2.24) is 4.98 Å². The number of fused-ring (bicyclic) bond motifs is 1. The maximum atomic E-state index is 13.2. The second-order valence-corrected chi connectivity index (χ2v) is 4.12. The van der Waals surface area contributed by atoms with Crippen LogP contribution in [0.25, 0.3) is 10.9 Å². The van der Waals surface area contributed by atoms with E-state index in [4.69, 9.17) is 22.4 Å². The minimum Gasteiger partial charge on any atom is -0.480 e. The molecule has 4 N–H and O–H groups in total. The Balaban J connectivity index is 2.44. The van der Waals surface area contributed by atoms with E-state index in [-0.39, 0.29) is 11.4 Å². The molecule has 0 saturated heterocycles. The molecule has 0 unspecified atom stereocenters. The lowest BCUT2D eigenvalue weighted by Crippen LogP contribution is -2.32. The molecule has 0 amide bonds. The van der Waals surface area contributed by atoms with Crippen LogP contribution in [0.5, 0.6) is 0 Å². The van der Waals surface area contributed by atoms with Crippen molar-refractivity contribution in [2.75, 3.05) is 0 Å². The molecule has 2 aromatic rings. The SMILES string of the molecule is N[C@H](Cc1c[nH]c2c(Cl)c(F)ccc12)C(=O)O. The number of aliphatic carboxylic acids is 1. The second-order valence-electron chi connectivity index (χ2n) is 3.75. The number of nitrogens with two attached hydrogens (primary N) is 1. The molecule has 1 heterocycles. The third-order valence-electron chi connectivity index (χ3n) is 2.59. The molecule has 0 saturated carbocycles. The standard InChI is InChI=1S/C11H10ClFN2O2/c12-9-7(13)2-1-6-5(4-15-10(6)9)3-8(14)11(16)17/h1-2,4,8,15H,3,14H2,(H,16,17)/t8-/m1/s1. The van der Waals surface area contributed by atoms with E-state index in [1.807, 2.05) is 0 Å². The highest BCUT2D eigenvalue weighted by molar-refractivity contribution is 6.35. The van der Waals surface area contributed by atoms with Crippen LogP contribution in [-0.2, 0) is 11.2 Å². The number of aromatic amines is 1. The van der Waals surface area contributed by atoms with Gasteiger partial charge in [-0.3, -0.25) is 4.79 Å². The highest BCUT2D eigenvalue weighted by Crippen LogP contribution is 2.28. The minimum absolute atomic E-state index is 0.00218. The Kier molecular flexibility index (Phi) is 3.04. The number of benzene rings is 1. The number of aromatic nitrogens is 1. The number of rotatable bonds is 3.